The Morgan fingerprint density at radius 1 is 1.07 bits per heavy atom. The fraction of sp³-hybridized carbons (Fsp3) is 0.111. The molecule has 0 fully saturated rings. The summed E-state index contributed by atoms with van der Waals surface area (Å²) in [5.74, 6) is -0.0774. The zero-order chi connectivity index (χ0) is 21.1. The van der Waals surface area contributed by atoms with Gasteiger partial charge in [0.2, 0.25) is 15.9 Å². The summed E-state index contributed by atoms with van der Waals surface area (Å²) in [5, 5.41) is -0.325. The molecule has 2 aromatic heterocycles. The van der Waals surface area contributed by atoms with E-state index in [4.69, 9.17) is 16.3 Å². The fourth-order valence-electron chi connectivity index (χ4n) is 2.21. The van der Waals surface area contributed by atoms with Crippen LogP contribution in [-0.2, 0) is 22.7 Å². The molecule has 0 unspecified atom stereocenters. The van der Waals surface area contributed by atoms with E-state index in [1.54, 1.807) is 24.4 Å². The number of hydrogen-bond acceptors (Lipinski definition) is 5. The molecule has 0 aliphatic carbocycles. The van der Waals surface area contributed by atoms with Crippen molar-refractivity contribution >= 4 is 21.6 Å². The first kappa shape index (κ1) is 21.0. The summed E-state index contributed by atoms with van der Waals surface area (Å²) in [7, 11) is -3.79. The second-order valence-electron chi connectivity index (χ2n) is 5.73. The molecule has 3 rings (SSSR count). The quantitative estimate of drug-likeness (QED) is 0.610. The van der Waals surface area contributed by atoms with Gasteiger partial charge in [-0.3, -0.25) is 4.98 Å². The van der Waals surface area contributed by atoms with E-state index in [1.165, 1.54) is 24.3 Å². The molecule has 11 heteroatoms. The normalized spacial score (nSPS) is 12.0. The first-order chi connectivity index (χ1) is 13.6. The molecule has 0 aliphatic heterocycles. The standard InChI is InChI=1S/C18H13ClF3N3O3S/c19-16-9-12(18(20,21)22)10-24-17(16)28-14-4-6-15(7-5-14)29(26,27)25-11-13-3-1-2-8-23-13/h1-10,25H,11H2. The molecule has 0 saturated heterocycles. The highest BCUT2D eigenvalue weighted by atomic mass is 35.5. The van der Waals surface area contributed by atoms with Gasteiger partial charge >= 0.3 is 6.18 Å². The average molecular weight is 444 g/mol. The second kappa shape index (κ2) is 8.36. The van der Waals surface area contributed by atoms with Gasteiger partial charge in [0.1, 0.15) is 10.8 Å². The van der Waals surface area contributed by atoms with Gasteiger partial charge in [-0.15, -0.1) is 0 Å². The van der Waals surface area contributed by atoms with Crippen LogP contribution in [0.1, 0.15) is 11.3 Å². The minimum atomic E-state index is -4.58. The molecule has 0 spiro atoms. The Hall–Kier alpha value is -2.69. The van der Waals surface area contributed by atoms with Crippen molar-refractivity contribution in [3.63, 3.8) is 0 Å². The highest BCUT2D eigenvalue weighted by Crippen LogP contribution is 2.34. The van der Waals surface area contributed by atoms with Gasteiger partial charge in [0.15, 0.2) is 0 Å². The van der Waals surface area contributed by atoms with Crippen molar-refractivity contribution in [1.29, 1.82) is 0 Å². The molecule has 2 heterocycles. The van der Waals surface area contributed by atoms with Gasteiger partial charge in [-0.2, -0.15) is 13.2 Å². The lowest BCUT2D eigenvalue weighted by Gasteiger charge is -2.11. The van der Waals surface area contributed by atoms with Gasteiger partial charge < -0.3 is 4.74 Å². The van der Waals surface area contributed by atoms with E-state index < -0.39 is 21.8 Å². The van der Waals surface area contributed by atoms with E-state index in [0.29, 0.717) is 18.0 Å². The molecule has 0 bridgehead atoms. The number of ether oxygens (including phenoxy) is 1. The molecule has 0 aliphatic rings. The maximum absolute atomic E-state index is 12.6. The summed E-state index contributed by atoms with van der Waals surface area (Å²) in [6, 6.07) is 11.1. The number of nitrogens with zero attached hydrogens (tertiary/aromatic N) is 2. The van der Waals surface area contributed by atoms with Crippen LogP contribution < -0.4 is 9.46 Å². The molecule has 0 atom stereocenters. The van der Waals surface area contributed by atoms with Gasteiger partial charge in [-0.25, -0.2) is 18.1 Å². The Labute approximate surface area is 169 Å². The number of rotatable bonds is 6. The topological polar surface area (TPSA) is 81.2 Å². The van der Waals surface area contributed by atoms with Crippen molar-refractivity contribution < 1.29 is 26.3 Å². The number of sulfonamides is 1. The summed E-state index contributed by atoms with van der Waals surface area (Å²) in [5.41, 5.74) is -0.450. The number of pyridine rings is 2. The number of benzene rings is 1. The Kier molecular flexibility index (Phi) is 6.06. The van der Waals surface area contributed by atoms with Crippen LogP contribution in [0.2, 0.25) is 5.02 Å². The van der Waals surface area contributed by atoms with E-state index in [2.05, 4.69) is 14.7 Å². The summed E-state index contributed by atoms with van der Waals surface area (Å²) in [4.78, 5) is 7.57. The highest BCUT2D eigenvalue weighted by molar-refractivity contribution is 7.89. The lowest BCUT2D eigenvalue weighted by atomic mass is 10.3. The van der Waals surface area contributed by atoms with Crippen molar-refractivity contribution in [3.8, 4) is 11.6 Å². The lowest BCUT2D eigenvalue weighted by Crippen LogP contribution is -2.23. The molecule has 1 aromatic carbocycles. The van der Waals surface area contributed by atoms with Crippen LogP contribution in [0.5, 0.6) is 11.6 Å². The third-order valence-corrected chi connectivity index (χ3v) is 5.34. The van der Waals surface area contributed by atoms with Crippen LogP contribution in [0.25, 0.3) is 0 Å². The summed E-state index contributed by atoms with van der Waals surface area (Å²) >= 11 is 5.79. The highest BCUT2D eigenvalue weighted by Gasteiger charge is 2.31. The van der Waals surface area contributed by atoms with Crippen LogP contribution in [0.3, 0.4) is 0 Å². The Balaban J connectivity index is 1.70. The number of alkyl halides is 3. The second-order valence-corrected chi connectivity index (χ2v) is 7.90. The molecule has 29 heavy (non-hydrogen) atoms. The summed E-state index contributed by atoms with van der Waals surface area (Å²) < 4.78 is 70.4. The van der Waals surface area contributed by atoms with Crippen molar-refractivity contribution in [1.82, 2.24) is 14.7 Å². The van der Waals surface area contributed by atoms with Crippen LogP contribution in [0.15, 0.2) is 65.8 Å². The monoisotopic (exact) mass is 443 g/mol. The largest absolute Gasteiger partial charge is 0.438 e. The van der Waals surface area contributed by atoms with Crippen molar-refractivity contribution in [2.45, 2.75) is 17.6 Å². The van der Waals surface area contributed by atoms with E-state index in [0.717, 1.165) is 0 Å². The maximum atomic E-state index is 12.6. The molecule has 6 nitrogen and oxygen atoms in total. The third-order valence-electron chi connectivity index (χ3n) is 3.65. The van der Waals surface area contributed by atoms with Gasteiger partial charge in [0, 0.05) is 12.4 Å². The van der Waals surface area contributed by atoms with Gasteiger partial charge in [0.25, 0.3) is 0 Å². The number of aromatic nitrogens is 2. The van der Waals surface area contributed by atoms with Crippen LogP contribution >= 0.6 is 11.6 Å². The number of halogens is 4. The van der Waals surface area contributed by atoms with Crippen molar-refractivity contribution in [2.75, 3.05) is 0 Å². The van der Waals surface area contributed by atoms with Crippen molar-refractivity contribution in [2.24, 2.45) is 0 Å². The molecule has 0 amide bonds. The Morgan fingerprint density at radius 2 is 1.79 bits per heavy atom. The average Bonchev–Trinajstić information content (AvgIpc) is 2.68. The molecule has 1 N–H and O–H groups in total. The number of nitrogens with one attached hydrogen (secondary N) is 1. The SMILES string of the molecule is O=S(=O)(NCc1ccccn1)c1ccc(Oc2ncc(C(F)(F)F)cc2Cl)cc1. The maximum Gasteiger partial charge on any atom is 0.417 e. The zero-order valence-electron chi connectivity index (χ0n) is 14.5. The Bertz CT molecular complexity index is 1090. The predicted octanol–water partition coefficient (Wildman–Crippen LogP) is 4.42. The molecule has 0 radical (unpaired) electrons. The Morgan fingerprint density at radius 3 is 2.38 bits per heavy atom. The van der Waals surface area contributed by atoms with E-state index in [1.807, 2.05) is 0 Å². The minimum absolute atomic E-state index is 0.0203. The molecular weight excluding hydrogens is 431 g/mol. The summed E-state index contributed by atoms with van der Waals surface area (Å²) in [6.07, 6.45) is -2.43. The van der Waals surface area contributed by atoms with E-state index in [9.17, 15) is 21.6 Å². The lowest BCUT2D eigenvalue weighted by molar-refractivity contribution is -0.137. The molecule has 0 saturated carbocycles. The van der Waals surface area contributed by atoms with Gasteiger partial charge in [-0.1, -0.05) is 17.7 Å². The van der Waals surface area contributed by atoms with Crippen LogP contribution in [0.4, 0.5) is 13.2 Å². The fourth-order valence-corrected chi connectivity index (χ4v) is 3.41. The summed E-state index contributed by atoms with van der Waals surface area (Å²) in [6.45, 7) is 0.0203. The molecule has 3 aromatic rings. The number of hydrogen-bond donors (Lipinski definition) is 1. The third kappa shape index (κ3) is 5.43. The smallest absolute Gasteiger partial charge is 0.417 e. The predicted molar refractivity (Wildman–Crippen MR) is 99.0 cm³/mol. The van der Waals surface area contributed by atoms with Crippen LogP contribution in [0, 0.1) is 0 Å². The first-order valence-corrected chi connectivity index (χ1v) is 9.91. The zero-order valence-corrected chi connectivity index (χ0v) is 16.1. The van der Waals surface area contributed by atoms with Crippen LogP contribution in [-0.4, -0.2) is 18.4 Å². The van der Waals surface area contributed by atoms with E-state index >= 15 is 0 Å². The molecular formula is C18H13ClF3N3O3S. The van der Waals surface area contributed by atoms with Gasteiger partial charge in [0.05, 0.1) is 22.7 Å². The first-order valence-electron chi connectivity index (χ1n) is 8.05. The molecule has 152 valence electrons. The van der Waals surface area contributed by atoms with E-state index in [-0.39, 0.29) is 28.1 Å². The minimum Gasteiger partial charge on any atom is -0.438 e. The van der Waals surface area contributed by atoms with Crippen molar-refractivity contribution in [3.05, 3.63) is 77.2 Å². The van der Waals surface area contributed by atoms with Gasteiger partial charge in [-0.05, 0) is 42.5 Å².